The van der Waals surface area contributed by atoms with Gasteiger partial charge in [0.2, 0.25) is 0 Å². The Balaban J connectivity index is 1.84. The highest BCUT2D eigenvalue weighted by molar-refractivity contribution is 7.99. The van der Waals surface area contributed by atoms with Crippen LogP contribution in [-0.4, -0.2) is 46.0 Å². The molecule has 0 bridgehead atoms. The molecule has 2 heterocycles. The Morgan fingerprint density at radius 3 is 3.00 bits per heavy atom. The van der Waals surface area contributed by atoms with Gasteiger partial charge in [0.1, 0.15) is 5.82 Å². The molecule has 0 atom stereocenters. The summed E-state index contributed by atoms with van der Waals surface area (Å²) in [5, 5.41) is 3.24. The second-order valence-electron chi connectivity index (χ2n) is 4.56. The Morgan fingerprint density at radius 1 is 1.28 bits per heavy atom. The average Bonchev–Trinajstić information content (AvgIpc) is 2.67. The SMILES string of the molecule is CCCNc1cnc(CN2CCCSCC2)cn1. The van der Waals surface area contributed by atoms with Crippen molar-refractivity contribution in [2.24, 2.45) is 0 Å². The normalized spacial score (nSPS) is 17.4. The third-order valence-electron chi connectivity index (χ3n) is 2.96. The van der Waals surface area contributed by atoms with Gasteiger partial charge in [-0.25, -0.2) is 4.98 Å². The van der Waals surface area contributed by atoms with Crippen molar-refractivity contribution in [2.75, 3.05) is 36.5 Å². The van der Waals surface area contributed by atoms with E-state index in [2.05, 4.69) is 38.9 Å². The van der Waals surface area contributed by atoms with Gasteiger partial charge in [0, 0.05) is 25.4 Å². The molecule has 0 aromatic carbocycles. The van der Waals surface area contributed by atoms with E-state index in [1.807, 2.05) is 12.4 Å². The predicted molar refractivity (Wildman–Crippen MR) is 78.0 cm³/mol. The van der Waals surface area contributed by atoms with Crippen molar-refractivity contribution in [2.45, 2.75) is 26.3 Å². The molecule has 0 saturated carbocycles. The molecule has 18 heavy (non-hydrogen) atoms. The lowest BCUT2D eigenvalue weighted by Gasteiger charge is -2.18. The van der Waals surface area contributed by atoms with Crippen LogP contribution in [-0.2, 0) is 6.54 Å². The maximum Gasteiger partial charge on any atom is 0.144 e. The van der Waals surface area contributed by atoms with Crippen molar-refractivity contribution in [3.8, 4) is 0 Å². The highest BCUT2D eigenvalue weighted by atomic mass is 32.2. The maximum atomic E-state index is 4.48. The first-order chi connectivity index (χ1) is 8.88. The predicted octanol–water partition coefficient (Wildman–Crippen LogP) is 2.24. The smallest absolute Gasteiger partial charge is 0.144 e. The molecule has 1 saturated heterocycles. The molecule has 100 valence electrons. The molecule has 1 aliphatic heterocycles. The van der Waals surface area contributed by atoms with Crippen molar-refractivity contribution in [3.05, 3.63) is 18.1 Å². The molecule has 0 amide bonds. The van der Waals surface area contributed by atoms with Crippen molar-refractivity contribution in [3.63, 3.8) is 0 Å². The summed E-state index contributed by atoms with van der Waals surface area (Å²) in [5.74, 6) is 3.41. The molecule has 1 aromatic rings. The molecule has 4 nitrogen and oxygen atoms in total. The number of nitrogens with zero attached hydrogens (tertiary/aromatic N) is 3. The lowest BCUT2D eigenvalue weighted by atomic mass is 10.3. The Hall–Kier alpha value is -0.810. The van der Waals surface area contributed by atoms with Crippen LogP contribution >= 0.6 is 11.8 Å². The van der Waals surface area contributed by atoms with Gasteiger partial charge in [-0.1, -0.05) is 6.92 Å². The summed E-state index contributed by atoms with van der Waals surface area (Å²) < 4.78 is 0. The third-order valence-corrected chi connectivity index (χ3v) is 4.01. The quantitative estimate of drug-likeness (QED) is 0.885. The minimum Gasteiger partial charge on any atom is -0.369 e. The van der Waals surface area contributed by atoms with Gasteiger partial charge in [-0.15, -0.1) is 0 Å². The zero-order valence-electron chi connectivity index (χ0n) is 11.1. The van der Waals surface area contributed by atoms with Crippen LogP contribution in [0, 0.1) is 0 Å². The molecule has 1 N–H and O–H groups in total. The Labute approximate surface area is 114 Å². The van der Waals surface area contributed by atoms with Gasteiger partial charge in [-0.05, 0) is 25.1 Å². The third kappa shape index (κ3) is 4.46. The summed E-state index contributed by atoms with van der Waals surface area (Å²) in [6.07, 6.45) is 6.14. The van der Waals surface area contributed by atoms with Crippen molar-refractivity contribution < 1.29 is 0 Å². The molecular weight excluding hydrogens is 244 g/mol. The molecule has 1 fully saturated rings. The topological polar surface area (TPSA) is 41.1 Å². The lowest BCUT2D eigenvalue weighted by molar-refractivity contribution is 0.284. The average molecular weight is 266 g/mol. The molecule has 1 aliphatic rings. The second kappa shape index (κ2) is 7.59. The summed E-state index contributed by atoms with van der Waals surface area (Å²) in [6, 6.07) is 0. The van der Waals surface area contributed by atoms with Crippen molar-refractivity contribution in [1.82, 2.24) is 14.9 Å². The molecule has 0 spiro atoms. The van der Waals surface area contributed by atoms with Crippen LogP contribution in [0.2, 0.25) is 0 Å². The van der Waals surface area contributed by atoms with Crippen LogP contribution in [0.4, 0.5) is 5.82 Å². The molecule has 5 heteroatoms. The Bertz CT molecular complexity index is 333. The van der Waals surface area contributed by atoms with Gasteiger partial charge in [0.25, 0.3) is 0 Å². The van der Waals surface area contributed by atoms with Crippen LogP contribution in [0.5, 0.6) is 0 Å². The number of anilines is 1. The largest absolute Gasteiger partial charge is 0.369 e. The van der Waals surface area contributed by atoms with Gasteiger partial charge in [-0.3, -0.25) is 9.88 Å². The highest BCUT2D eigenvalue weighted by Crippen LogP contribution is 2.12. The number of rotatable bonds is 5. The van der Waals surface area contributed by atoms with E-state index in [1.54, 1.807) is 0 Å². The van der Waals surface area contributed by atoms with E-state index in [-0.39, 0.29) is 0 Å². The minimum atomic E-state index is 0.882. The lowest BCUT2D eigenvalue weighted by Crippen LogP contribution is -2.26. The van der Waals surface area contributed by atoms with Gasteiger partial charge >= 0.3 is 0 Å². The Morgan fingerprint density at radius 2 is 2.22 bits per heavy atom. The van der Waals surface area contributed by atoms with E-state index in [1.165, 1.54) is 31.0 Å². The first kappa shape index (κ1) is 13.6. The first-order valence-electron chi connectivity index (χ1n) is 6.73. The minimum absolute atomic E-state index is 0.882. The number of thioether (sulfide) groups is 1. The molecular formula is C13H22N4S. The van der Waals surface area contributed by atoms with Gasteiger partial charge < -0.3 is 5.32 Å². The van der Waals surface area contributed by atoms with E-state index < -0.39 is 0 Å². The fourth-order valence-electron chi connectivity index (χ4n) is 1.97. The summed E-state index contributed by atoms with van der Waals surface area (Å²) in [6.45, 7) is 6.39. The van der Waals surface area contributed by atoms with E-state index in [0.717, 1.165) is 31.0 Å². The van der Waals surface area contributed by atoms with Gasteiger partial charge in [0.05, 0.1) is 18.1 Å². The zero-order valence-corrected chi connectivity index (χ0v) is 11.9. The van der Waals surface area contributed by atoms with Gasteiger partial charge in [-0.2, -0.15) is 11.8 Å². The van der Waals surface area contributed by atoms with Crippen molar-refractivity contribution >= 4 is 17.6 Å². The molecule has 1 aromatic heterocycles. The fraction of sp³-hybridized carbons (Fsp3) is 0.692. The van der Waals surface area contributed by atoms with Crippen molar-refractivity contribution in [1.29, 1.82) is 0 Å². The van der Waals surface area contributed by atoms with E-state index >= 15 is 0 Å². The summed E-state index contributed by atoms with van der Waals surface area (Å²) >= 11 is 2.05. The summed E-state index contributed by atoms with van der Waals surface area (Å²) in [4.78, 5) is 11.4. The first-order valence-corrected chi connectivity index (χ1v) is 7.89. The standard InChI is InChI=1S/C13H22N4S/c1-2-4-14-13-10-15-12(9-16-13)11-17-5-3-7-18-8-6-17/h9-10H,2-8,11H2,1H3,(H,14,16). The Kier molecular flexibility index (Phi) is 5.74. The number of nitrogens with one attached hydrogen (secondary N) is 1. The summed E-state index contributed by atoms with van der Waals surface area (Å²) in [5.41, 5.74) is 1.07. The molecule has 0 unspecified atom stereocenters. The number of aromatic nitrogens is 2. The highest BCUT2D eigenvalue weighted by Gasteiger charge is 2.10. The van der Waals surface area contributed by atoms with Crippen LogP contribution in [0.3, 0.4) is 0 Å². The second-order valence-corrected chi connectivity index (χ2v) is 5.79. The number of hydrogen-bond acceptors (Lipinski definition) is 5. The van der Waals surface area contributed by atoms with Crippen LogP contribution < -0.4 is 5.32 Å². The fourth-order valence-corrected chi connectivity index (χ4v) is 2.89. The van der Waals surface area contributed by atoms with Gasteiger partial charge in [0.15, 0.2) is 0 Å². The number of hydrogen-bond donors (Lipinski definition) is 1. The van der Waals surface area contributed by atoms with Crippen LogP contribution in [0.15, 0.2) is 12.4 Å². The van der Waals surface area contributed by atoms with Crippen LogP contribution in [0.1, 0.15) is 25.5 Å². The van der Waals surface area contributed by atoms with E-state index in [0.29, 0.717) is 0 Å². The van der Waals surface area contributed by atoms with E-state index in [4.69, 9.17) is 0 Å². The van der Waals surface area contributed by atoms with Crippen LogP contribution in [0.25, 0.3) is 0 Å². The summed E-state index contributed by atoms with van der Waals surface area (Å²) in [7, 11) is 0. The molecule has 0 radical (unpaired) electrons. The maximum absolute atomic E-state index is 4.48. The molecule has 2 rings (SSSR count). The molecule has 0 aliphatic carbocycles. The zero-order chi connectivity index (χ0) is 12.6. The monoisotopic (exact) mass is 266 g/mol. The van der Waals surface area contributed by atoms with E-state index in [9.17, 15) is 0 Å².